The second-order valence-electron chi connectivity index (χ2n) is 9.15. The second kappa shape index (κ2) is 8.27. The van der Waals surface area contributed by atoms with Gasteiger partial charge in [-0.15, -0.1) is 0 Å². The van der Waals surface area contributed by atoms with Crippen LogP contribution in [0.15, 0.2) is 90.8 Å². The molecule has 36 heavy (non-hydrogen) atoms. The molecule has 6 nitrogen and oxygen atoms in total. The van der Waals surface area contributed by atoms with Crippen LogP contribution in [0.1, 0.15) is 29.7 Å². The van der Waals surface area contributed by atoms with Gasteiger partial charge < -0.3 is 14.7 Å². The van der Waals surface area contributed by atoms with Crippen molar-refractivity contribution in [3.05, 3.63) is 107 Å². The molecule has 0 radical (unpaired) electrons. The van der Waals surface area contributed by atoms with E-state index < -0.39 is 17.7 Å². The minimum Gasteiger partial charge on any atom is -0.507 e. The van der Waals surface area contributed by atoms with Crippen LogP contribution in [0.4, 0.5) is 5.69 Å². The Morgan fingerprint density at radius 2 is 1.64 bits per heavy atom. The number of carbonyl (C=O) groups is 2. The normalized spacial score (nSPS) is 17.5. The SMILES string of the molecule is CCc1ccc(N2C(=O)C(=O)/C(=C(/O)c3c[nH]c4ccccc34)C2c2cn(C)c3ccccc23)cc1. The van der Waals surface area contributed by atoms with Gasteiger partial charge in [0.15, 0.2) is 0 Å². The first-order valence-corrected chi connectivity index (χ1v) is 12.0. The molecular formula is C30H25N3O3. The van der Waals surface area contributed by atoms with E-state index in [9.17, 15) is 14.7 Å². The molecule has 0 spiro atoms. The van der Waals surface area contributed by atoms with Crippen LogP contribution >= 0.6 is 0 Å². The number of aromatic amines is 1. The Morgan fingerprint density at radius 3 is 2.39 bits per heavy atom. The van der Waals surface area contributed by atoms with E-state index in [1.165, 1.54) is 4.90 Å². The number of aliphatic hydroxyl groups excluding tert-OH is 1. The molecule has 1 amide bonds. The van der Waals surface area contributed by atoms with Gasteiger partial charge in [-0.25, -0.2) is 0 Å². The highest BCUT2D eigenvalue weighted by atomic mass is 16.3. The fourth-order valence-electron chi connectivity index (χ4n) is 5.29. The first-order chi connectivity index (χ1) is 17.5. The Labute approximate surface area is 208 Å². The van der Waals surface area contributed by atoms with Gasteiger partial charge in [0.2, 0.25) is 0 Å². The van der Waals surface area contributed by atoms with Gasteiger partial charge >= 0.3 is 0 Å². The minimum absolute atomic E-state index is 0.0840. The topological polar surface area (TPSA) is 78.3 Å². The molecular weight excluding hydrogens is 450 g/mol. The maximum absolute atomic E-state index is 13.6. The van der Waals surface area contributed by atoms with E-state index in [-0.39, 0.29) is 11.3 Å². The fraction of sp³-hybridized carbons (Fsp3) is 0.133. The molecule has 2 N–H and O–H groups in total. The number of hydrogen-bond donors (Lipinski definition) is 2. The van der Waals surface area contributed by atoms with Crippen molar-refractivity contribution >= 4 is 44.9 Å². The molecule has 1 unspecified atom stereocenters. The maximum atomic E-state index is 13.6. The zero-order valence-electron chi connectivity index (χ0n) is 20.0. The molecule has 3 aromatic carbocycles. The average Bonchev–Trinajstić information content (AvgIpc) is 3.56. The number of amides is 1. The standard InChI is InChI=1S/C30H25N3O3/c1-3-18-12-14-19(15-13-18)33-27(23-17-32(2)25-11-7-5-9-21(23)25)26(29(35)30(33)36)28(34)22-16-31-24-10-6-4-8-20(22)24/h4-17,27,31,34H,3H2,1-2H3/b28-26+. The molecule has 6 heteroatoms. The number of H-pyrrole nitrogens is 1. The van der Waals surface area contributed by atoms with Gasteiger partial charge in [-0.1, -0.05) is 55.5 Å². The number of fused-ring (bicyclic) bond motifs is 2. The van der Waals surface area contributed by atoms with Gasteiger partial charge in [0.1, 0.15) is 5.76 Å². The van der Waals surface area contributed by atoms with E-state index in [0.717, 1.165) is 39.4 Å². The fourth-order valence-corrected chi connectivity index (χ4v) is 5.29. The van der Waals surface area contributed by atoms with Crippen LogP contribution in [-0.2, 0) is 23.1 Å². The molecule has 2 aromatic heterocycles. The molecule has 6 rings (SSSR count). The highest BCUT2D eigenvalue weighted by molar-refractivity contribution is 6.52. The molecule has 178 valence electrons. The first-order valence-electron chi connectivity index (χ1n) is 12.0. The third kappa shape index (κ3) is 3.18. The number of benzene rings is 3. The molecule has 5 aromatic rings. The minimum atomic E-state index is -0.780. The van der Waals surface area contributed by atoms with Gasteiger partial charge in [-0.3, -0.25) is 14.5 Å². The van der Waals surface area contributed by atoms with Crippen LogP contribution < -0.4 is 4.90 Å². The summed E-state index contributed by atoms with van der Waals surface area (Å²) in [6.07, 6.45) is 4.49. The lowest BCUT2D eigenvalue weighted by Gasteiger charge is -2.25. The van der Waals surface area contributed by atoms with E-state index >= 15 is 0 Å². The van der Waals surface area contributed by atoms with Gasteiger partial charge in [-0.05, 0) is 36.2 Å². The quantitative estimate of drug-likeness (QED) is 0.194. The van der Waals surface area contributed by atoms with Crippen LogP contribution in [-0.4, -0.2) is 26.3 Å². The van der Waals surface area contributed by atoms with Crippen molar-refractivity contribution in [3.63, 3.8) is 0 Å². The van der Waals surface area contributed by atoms with E-state index in [0.29, 0.717) is 11.3 Å². The summed E-state index contributed by atoms with van der Waals surface area (Å²) in [7, 11) is 1.94. The van der Waals surface area contributed by atoms with Crippen LogP contribution in [0, 0.1) is 0 Å². The Hall–Kier alpha value is -4.58. The van der Waals surface area contributed by atoms with Crippen molar-refractivity contribution in [2.45, 2.75) is 19.4 Å². The first kappa shape index (κ1) is 21.9. The number of rotatable bonds is 4. The van der Waals surface area contributed by atoms with Crippen molar-refractivity contribution in [2.75, 3.05) is 4.90 Å². The molecule has 1 aliphatic heterocycles. The monoisotopic (exact) mass is 475 g/mol. The maximum Gasteiger partial charge on any atom is 0.300 e. The number of nitrogens with zero attached hydrogens (tertiary/aromatic N) is 2. The molecule has 0 aliphatic carbocycles. The lowest BCUT2D eigenvalue weighted by molar-refractivity contribution is -0.132. The molecule has 0 saturated carbocycles. The van der Waals surface area contributed by atoms with E-state index in [1.807, 2.05) is 90.6 Å². The van der Waals surface area contributed by atoms with Crippen LogP contribution in [0.3, 0.4) is 0 Å². The summed E-state index contributed by atoms with van der Waals surface area (Å²) in [6, 6.07) is 22.3. The summed E-state index contributed by atoms with van der Waals surface area (Å²) in [5.74, 6) is -1.54. The summed E-state index contributed by atoms with van der Waals surface area (Å²) in [4.78, 5) is 31.8. The third-order valence-corrected chi connectivity index (χ3v) is 7.13. The Balaban J connectivity index is 1.63. The van der Waals surface area contributed by atoms with E-state index in [1.54, 1.807) is 6.20 Å². The summed E-state index contributed by atoms with van der Waals surface area (Å²) < 4.78 is 1.98. The molecule has 3 heterocycles. The molecule has 1 fully saturated rings. The lowest BCUT2D eigenvalue weighted by Crippen LogP contribution is -2.29. The zero-order chi connectivity index (χ0) is 25.0. The summed E-state index contributed by atoms with van der Waals surface area (Å²) in [5.41, 5.74) is 4.93. The number of para-hydroxylation sites is 2. The number of hydrogen-bond acceptors (Lipinski definition) is 3. The van der Waals surface area contributed by atoms with Crippen molar-refractivity contribution in [1.29, 1.82) is 0 Å². The Bertz CT molecular complexity index is 1690. The summed E-state index contributed by atoms with van der Waals surface area (Å²) >= 11 is 0. The summed E-state index contributed by atoms with van der Waals surface area (Å²) in [6.45, 7) is 2.07. The lowest BCUT2D eigenvalue weighted by atomic mass is 9.94. The van der Waals surface area contributed by atoms with Gasteiger partial charge in [0.25, 0.3) is 11.7 Å². The Morgan fingerprint density at radius 1 is 0.944 bits per heavy atom. The van der Waals surface area contributed by atoms with E-state index in [4.69, 9.17) is 0 Å². The molecule has 0 bridgehead atoms. The number of anilines is 1. The van der Waals surface area contributed by atoms with Gasteiger partial charge in [0.05, 0.1) is 11.6 Å². The number of aromatic nitrogens is 2. The van der Waals surface area contributed by atoms with Gasteiger partial charge in [0, 0.05) is 58.1 Å². The predicted octanol–water partition coefficient (Wildman–Crippen LogP) is 5.85. The molecule has 1 atom stereocenters. The highest BCUT2D eigenvalue weighted by Gasteiger charge is 2.48. The zero-order valence-corrected chi connectivity index (χ0v) is 20.0. The number of nitrogens with one attached hydrogen (secondary N) is 1. The Kier molecular flexibility index (Phi) is 5.04. The predicted molar refractivity (Wildman–Crippen MR) is 142 cm³/mol. The van der Waals surface area contributed by atoms with E-state index in [2.05, 4.69) is 11.9 Å². The number of Topliss-reactive ketones (excluding diaryl/α,β-unsaturated/α-hetero) is 1. The molecule has 1 saturated heterocycles. The largest absolute Gasteiger partial charge is 0.507 e. The third-order valence-electron chi connectivity index (χ3n) is 7.13. The van der Waals surface area contributed by atoms with Crippen LogP contribution in [0.5, 0.6) is 0 Å². The smallest absolute Gasteiger partial charge is 0.300 e. The second-order valence-corrected chi connectivity index (χ2v) is 9.15. The number of ketones is 1. The van der Waals surface area contributed by atoms with Crippen molar-refractivity contribution in [1.82, 2.24) is 9.55 Å². The summed E-state index contributed by atoms with van der Waals surface area (Å²) in [5, 5.41) is 13.3. The molecule has 1 aliphatic rings. The van der Waals surface area contributed by atoms with Crippen LogP contribution in [0.25, 0.3) is 27.6 Å². The average molecular weight is 476 g/mol. The number of aryl methyl sites for hydroxylation is 2. The van der Waals surface area contributed by atoms with Crippen molar-refractivity contribution in [3.8, 4) is 0 Å². The number of carbonyl (C=O) groups excluding carboxylic acids is 2. The van der Waals surface area contributed by atoms with Crippen molar-refractivity contribution < 1.29 is 14.7 Å². The van der Waals surface area contributed by atoms with Crippen LogP contribution in [0.2, 0.25) is 0 Å². The number of aliphatic hydroxyl groups is 1. The highest BCUT2D eigenvalue weighted by Crippen LogP contribution is 2.45. The van der Waals surface area contributed by atoms with Gasteiger partial charge in [-0.2, -0.15) is 0 Å². The van der Waals surface area contributed by atoms with Crippen molar-refractivity contribution in [2.24, 2.45) is 7.05 Å².